The number of alkyl halides is 3. The van der Waals surface area contributed by atoms with Crippen LogP contribution < -0.4 is 20.3 Å². The van der Waals surface area contributed by atoms with Crippen LogP contribution in [0.3, 0.4) is 0 Å². The molecular formula is C24H28F3N7O4S. The number of hydrogen-bond donors (Lipinski definition) is 4. The van der Waals surface area contributed by atoms with E-state index in [1.807, 2.05) is 0 Å². The van der Waals surface area contributed by atoms with Gasteiger partial charge in [0, 0.05) is 42.7 Å². The van der Waals surface area contributed by atoms with Crippen molar-refractivity contribution >= 4 is 39.2 Å². The molecule has 2 heterocycles. The van der Waals surface area contributed by atoms with Gasteiger partial charge in [-0.2, -0.15) is 18.2 Å². The number of nitrogens with zero attached hydrogens (tertiary/aromatic N) is 4. The zero-order valence-corrected chi connectivity index (χ0v) is 22.1. The Bertz CT molecular complexity index is 1420. The number of carbonyl (C=O) groups is 1. The van der Waals surface area contributed by atoms with E-state index in [-0.39, 0.29) is 42.0 Å². The Hall–Kier alpha value is -3.98. The van der Waals surface area contributed by atoms with Crippen molar-refractivity contribution in [2.45, 2.75) is 32.1 Å². The fraction of sp³-hybridized carbons (Fsp3) is 0.333. The van der Waals surface area contributed by atoms with Crippen LogP contribution in [0.4, 0.5) is 36.4 Å². The molecule has 0 saturated carbocycles. The molecule has 1 atom stereocenters. The van der Waals surface area contributed by atoms with Crippen molar-refractivity contribution in [3.05, 3.63) is 65.5 Å². The third kappa shape index (κ3) is 8.00. The highest BCUT2D eigenvalue weighted by molar-refractivity contribution is 7.92. The third-order valence-corrected chi connectivity index (χ3v) is 6.74. The molecular weight excluding hydrogens is 539 g/mol. The number of sulfonamides is 1. The minimum atomic E-state index is -4.78. The second-order valence-corrected chi connectivity index (χ2v) is 10.5. The second-order valence-electron chi connectivity index (χ2n) is 8.50. The second kappa shape index (κ2) is 12.3. The lowest BCUT2D eigenvalue weighted by Gasteiger charge is -2.19. The lowest BCUT2D eigenvalue weighted by Crippen LogP contribution is -2.36. The van der Waals surface area contributed by atoms with Crippen molar-refractivity contribution in [3.63, 3.8) is 0 Å². The minimum Gasteiger partial charge on any atom is -0.394 e. The molecule has 0 spiro atoms. The monoisotopic (exact) mass is 567 g/mol. The third-order valence-electron chi connectivity index (χ3n) is 5.57. The molecule has 0 aliphatic rings. The summed E-state index contributed by atoms with van der Waals surface area (Å²) in [4.78, 5) is 24.2. The molecule has 0 radical (unpaired) electrons. The molecule has 1 amide bonds. The van der Waals surface area contributed by atoms with Crippen molar-refractivity contribution in [3.8, 4) is 0 Å². The first-order valence-electron chi connectivity index (χ1n) is 11.7. The van der Waals surface area contributed by atoms with Crippen LogP contribution in [-0.2, 0) is 22.7 Å². The summed E-state index contributed by atoms with van der Waals surface area (Å²) in [7, 11) is -2.31. The first-order valence-corrected chi connectivity index (χ1v) is 13.5. The molecule has 11 nitrogen and oxygen atoms in total. The van der Waals surface area contributed by atoms with Gasteiger partial charge in [0.15, 0.2) is 5.69 Å². The van der Waals surface area contributed by atoms with E-state index in [0.717, 1.165) is 16.6 Å². The summed E-state index contributed by atoms with van der Waals surface area (Å²) in [5, 5.41) is 17.4. The molecule has 1 aromatic carbocycles. The predicted molar refractivity (Wildman–Crippen MR) is 140 cm³/mol. The molecule has 3 aromatic rings. The Kier molecular flexibility index (Phi) is 9.29. The molecule has 1 unspecified atom stereocenters. The minimum absolute atomic E-state index is 0.0874. The number of nitrogens with one attached hydrogen (secondary N) is 3. The molecule has 4 N–H and O–H groups in total. The highest BCUT2D eigenvalue weighted by Gasteiger charge is 2.34. The maximum Gasteiger partial charge on any atom is 0.433 e. The molecule has 0 fully saturated rings. The number of halogens is 3. The number of benzene rings is 1. The number of carbonyl (C=O) groups excluding carboxylic acids is 1. The van der Waals surface area contributed by atoms with Crippen LogP contribution in [0, 0.1) is 0 Å². The predicted octanol–water partition coefficient (Wildman–Crippen LogP) is 3.14. The van der Waals surface area contributed by atoms with Crippen molar-refractivity contribution in [1.29, 1.82) is 0 Å². The largest absolute Gasteiger partial charge is 0.433 e. The van der Waals surface area contributed by atoms with Crippen LogP contribution in [-0.4, -0.2) is 60.3 Å². The summed E-state index contributed by atoms with van der Waals surface area (Å²) < 4.78 is 65.7. The van der Waals surface area contributed by atoms with Crippen molar-refractivity contribution in [2.75, 3.05) is 34.8 Å². The summed E-state index contributed by atoms with van der Waals surface area (Å²) in [5.41, 5.74) is -0.338. The molecule has 2 aromatic heterocycles. The molecule has 0 saturated heterocycles. The van der Waals surface area contributed by atoms with E-state index in [9.17, 15) is 31.5 Å². The van der Waals surface area contributed by atoms with E-state index in [4.69, 9.17) is 0 Å². The molecule has 0 aliphatic carbocycles. The van der Waals surface area contributed by atoms with E-state index in [0.29, 0.717) is 12.0 Å². The Morgan fingerprint density at radius 3 is 2.54 bits per heavy atom. The maximum atomic E-state index is 13.6. The van der Waals surface area contributed by atoms with E-state index in [1.54, 1.807) is 19.1 Å². The van der Waals surface area contributed by atoms with E-state index < -0.39 is 33.8 Å². The summed E-state index contributed by atoms with van der Waals surface area (Å²) in [6, 6.07) is 9.43. The molecule has 210 valence electrons. The van der Waals surface area contributed by atoms with Crippen LogP contribution in [0.25, 0.3) is 0 Å². The molecule has 3 rings (SSSR count). The standard InChI is InChI=1S/C24H28F3N7O4S/c1-4-17(14-35)30-22(36)15-7-5-9-18(11-15)31-23-32-19(24(25,26)27)12-20(33-23)29-13-16-8-6-10-28-21(16)34(2)39(3,37)38/h5-12,17,35H,4,13-14H2,1-3H3,(H,30,36)(H2,29,31,32,33). The van der Waals surface area contributed by atoms with Gasteiger partial charge >= 0.3 is 6.18 Å². The van der Waals surface area contributed by atoms with Crippen molar-refractivity contribution in [2.24, 2.45) is 0 Å². The van der Waals surface area contributed by atoms with Gasteiger partial charge < -0.3 is 21.1 Å². The Labute approximate surface area is 223 Å². The van der Waals surface area contributed by atoms with Crippen LogP contribution in [0.5, 0.6) is 0 Å². The molecule has 15 heteroatoms. The number of amides is 1. The van der Waals surface area contributed by atoms with Gasteiger partial charge in [-0.25, -0.2) is 18.4 Å². The zero-order valence-electron chi connectivity index (χ0n) is 21.3. The smallest absolute Gasteiger partial charge is 0.394 e. The van der Waals surface area contributed by atoms with Crippen LogP contribution in [0.2, 0.25) is 0 Å². The van der Waals surface area contributed by atoms with Gasteiger partial charge in [0.05, 0.1) is 18.9 Å². The fourth-order valence-corrected chi connectivity index (χ4v) is 3.82. The summed E-state index contributed by atoms with van der Waals surface area (Å²) in [6.07, 6.45) is -1.87. The highest BCUT2D eigenvalue weighted by Crippen LogP contribution is 2.31. The van der Waals surface area contributed by atoms with Crippen LogP contribution >= 0.6 is 0 Å². The normalized spacial score (nSPS) is 12.5. The first kappa shape index (κ1) is 29.6. The Morgan fingerprint density at radius 1 is 1.15 bits per heavy atom. The number of aliphatic hydroxyl groups is 1. The number of pyridine rings is 1. The van der Waals surface area contributed by atoms with Gasteiger partial charge in [-0.15, -0.1) is 0 Å². The SMILES string of the molecule is CCC(CO)NC(=O)c1cccc(Nc2nc(NCc3cccnc3N(C)S(C)(=O)=O)cc(C(F)(F)F)n2)c1. The average Bonchev–Trinajstić information content (AvgIpc) is 2.89. The fourth-order valence-electron chi connectivity index (χ4n) is 3.35. The molecule has 0 aliphatic heterocycles. The average molecular weight is 568 g/mol. The van der Waals surface area contributed by atoms with Gasteiger partial charge in [-0.05, 0) is 30.7 Å². The van der Waals surface area contributed by atoms with Crippen molar-refractivity contribution in [1.82, 2.24) is 20.3 Å². The van der Waals surface area contributed by atoms with Gasteiger partial charge in [0.25, 0.3) is 5.91 Å². The number of hydrogen-bond acceptors (Lipinski definition) is 9. The number of aliphatic hydroxyl groups excluding tert-OH is 1. The maximum absolute atomic E-state index is 13.6. The molecule has 39 heavy (non-hydrogen) atoms. The Morgan fingerprint density at radius 2 is 1.90 bits per heavy atom. The topological polar surface area (TPSA) is 149 Å². The number of aromatic nitrogens is 3. The van der Waals surface area contributed by atoms with E-state index in [2.05, 4.69) is 30.9 Å². The highest BCUT2D eigenvalue weighted by atomic mass is 32.2. The molecule has 0 bridgehead atoms. The number of anilines is 4. The lowest BCUT2D eigenvalue weighted by molar-refractivity contribution is -0.141. The van der Waals surface area contributed by atoms with E-state index in [1.165, 1.54) is 37.5 Å². The summed E-state index contributed by atoms with van der Waals surface area (Å²) >= 11 is 0. The quantitative estimate of drug-likeness (QED) is 0.274. The van der Waals surface area contributed by atoms with Crippen LogP contribution in [0.1, 0.15) is 35.0 Å². The van der Waals surface area contributed by atoms with Gasteiger partial charge in [0.1, 0.15) is 11.6 Å². The van der Waals surface area contributed by atoms with E-state index >= 15 is 0 Å². The van der Waals surface area contributed by atoms with Crippen molar-refractivity contribution < 1.29 is 31.5 Å². The zero-order chi connectivity index (χ0) is 28.8. The summed E-state index contributed by atoms with van der Waals surface area (Å²) in [5.74, 6) is -0.915. The first-order chi connectivity index (χ1) is 18.3. The number of rotatable bonds is 11. The van der Waals surface area contributed by atoms with Crippen LogP contribution in [0.15, 0.2) is 48.7 Å². The van der Waals surface area contributed by atoms with Gasteiger partial charge in [0.2, 0.25) is 16.0 Å². The Balaban J connectivity index is 1.87. The van der Waals surface area contributed by atoms with Gasteiger partial charge in [-0.1, -0.05) is 19.1 Å². The summed E-state index contributed by atoms with van der Waals surface area (Å²) in [6.45, 7) is 1.48. The lowest BCUT2D eigenvalue weighted by atomic mass is 10.1. The van der Waals surface area contributed by atoms with Gasteiger partial charge in [-0.3, -0.25) is 9.10 Å².